The number of hydrogen-bond acceptors (Lipinski definition) is 5. The number of carboxylic acids is 1. The van der Waals surface area contributed by atoms with Gasteiger partial charge in [0, 0.05) is 39.4 Å². The van der Waals surface area contributed by atoms with Crippen LogP contribution < -0.4 is 14.4 Å². The van der Waals surface area contributed by atoms with E-state index in [9.17, 15) is 4.79 Å². The summed E-state index contributed by atoms with van der Waals surface area (Å²) in [5.41, 5.74) is 1.96. The van der Waals surface area contributed by atoms with Crippen LogP contribution in [0.15, 0.2) is 48.5 Å². The monoisotopic (exact) mass is 359 g/mol. The van der Waals surface area contributed by atoms with E-state index in [1.807, 2.05) is 67.5 Å². The van der Waals surface area contributed by atoms with E-state index in [1.165, 1.54) is 7.11 Å². The van der Waals surface area contributed by atoms with Gasteiger partial charge in [-0.25, -0.2) is 4.79 Å². The van der Waals surface area contributed by atoms with Gasteiger partial charge >= 0.3 is 5.97 Å². The van der Waals surface area contributed by atoms with Gasteiger partial charge in [-0.2, -0.15) is 0 Å². The number of ether oxygens (including phenoxy) is 3. The van der Waals surface area contributed by atoms with E-state index in [0.29, 0.717) is 25.4 Å². The standard InChI is InChI=1S/C20H25NO5/c1-21(2)16-5-4-6-18(14-16)26-12-11-25-17-9-7-15(8-10-17)13-19(24-3)20(22)23/h4-10,14,19H,11-13H2,1-3H3,(H,22,23)/t19-/m0/s1. The zero-order chi connectivity index (χ0) is 18.9. The van der Waals surface area contributed by atoms with Crippen LogP contribution in [0.2, 0.25) is 0 Å². The van der Waals surface area contributed by atoms with Crippen molar-refractivity contribution in [1.82, 2.24) is 0 Å². The van der Waals surface area contributed by atoms with Gasteiger partial charge in [0.1, 0.15) is 24.7 Å². The Morgan fingerprint density at radius 3 is 2.27 bits per heavy atom. The molecule has 2 aromatic carbocycles. The first-order chi connectivity index (χ1) is 12.5. The summed E-state index contributed by atoms with van der Waals surface area (Å²) < 4.78 is 16.3. The topological polar surface area (TPSA) is 68.2 Å². The van der Waals surface area contributed by atoms with Crippen LogP contribution in [-0.4, -0.2) is 51.6 Å². The molecule has 0 saturated heterocycles. The molecular formula is C20H25NO5. The lowest BCUT2D eigenvalue weighted by atomic mass is 10.1. The van der Waals surface area contributed by atoms with Crippen molar-refractivity contribution in [2.24, 2.45) is 0 Å². The third kappa shape index (κ3) is 5.97. The van der Waals surface area contributed by atoms with E-state index in [2.05, 4.69) is 0 Å². The Hall–Kier alpha value is -2.73. The van der Waals surface area contributed by atoms with Crippen LogP contribution in [0.25, 0.3) is 0 Å². The van der Waals surface area contributed by atoms with E-state index in [1.54, 1.807) is 0 Å². The van der Waals surface area contributed by atoms with Crippen molar-refractivity contribution in [1.29, 1.82) is 0 Å². The van der Waals surface area contributed by atoms with Crippen molar-refractivity contribution in [2.45, 2.75) is 12.5 Å². The molecule has 6 heteroatoms. The van der Waals surface area contributed by atoms with Gasteiger partial charge in [0.05, 0.1) is 0 Å². The molecule has 0 saturated carbocycles. The zero-order valence-electron chi connectivity index (χ0n) is 15.3. The highest BCUT2D eigenvalue weighted by Gasteiger charge is 2.16. The van der Waals surface area contributed by atoms with Crippen LogP contribution in [-0.2, 0) is 16.0 Å². The second-order valence-electron chi connectivity index (χ2n) is 6.00. The van der Waals surface area contributed by atoms with E-state index in [0.717, 1.165) is 17.0 Å². The van der Waals surface area contributed by atoms with Gasteiger partial charge in [-0.15, -0.1) is 0 Å². The molecule has 1 atom stereocenters. The number of rotatable bonds is 10. The Morgan fingerprint density at radius 1 is 1.04 bits per heavy atom. The van der Waals surface area contributed by atoms with Crippen molar-refractivity contribution in [3.05, 3.63) is 54.1 Å². The van der Waals surface area contributed by atoms with Crippen molar-refractivity contribution in [2.75, 3.05) is 39.3 Å². The third-order valence-electron chi connectivity index (χ3n) is 3.86. The first-order valence-electron chi connectivity index (χ1n) is 8.37. The van der Waals surface area contributed by atoms with Crippen LogP contribution >= 0.6 is 0 Å². The molecule has 0 aliphatic heterocycles. The smallest absolute Gasteiger partial charge is 0.333 e. The molecule has 140 valence electrons. The second kappa shape index (κ2) is 9.68. The van der Waals surface area contributed by atoms with E-state index < -0.39 is 12.1 Å². The number of methoxy groups -OCH3 is 1. The summed E-state index contributed by atoms with van der Waals surface area (Å²) in [6, 6.07) is 15.2. The minimum absolute atomic E-state index is 0.317. The summed E-state index contributed by atoms with van der Waals surface area (Å²) in [5.74, 6) is 0.543. The fourth-order valence-corrected chi connectivity index (χ4v) is 2.38. The normalized spacial score (nSPS) is 11.7. The largest absolute Gasteiger partial charge is 0.490 e. The number of aliphatic carboxylic acids is 1. The fraction of sp³-hybridized carbons (Fsp3) is 0.350. The molecule has 0 unspecified atom stereocenters. The molecule has 0 radical (unpaired) electrons. The number of hydrogen-bond donors (Lipinski definition) is 1. The van der Waals surface area contributed by atoms with Crippen molar-refractivity contribution in [3.63, 3.8) is 0 Å². The lowest BCUT2D eigenvalue weighted by Crippen LogP contribution is -2.24. The minimum Gasteiger partial charge on any atom is -0.490 e. The predicted molar refractivity (Wildman–Crippen MR) is 100 cm³/mol. The van der Waals surface area contributed by atoms with Crippen molar-refractivity contribution in [3.8, 4) is 11.5 Å². The summed E-state index contributed by atoms with van der Waals surface area (Å²) >= 11 is 0. The first-order valence-corrected chi connectivity index (χ1v) is 8.37. The number of carbonyl (C=O) groups is 1. The Morgan fingerprint density at radius 2 is 1.69 bits per heavy atom. The Kier molecular flexibility index (Phi) is 7.29. The van der Waals surface area contributed by atoms with Crippen molar-refractivity contribution >= 4 is 11.7 Å². The molecule has 0 aliphatic carbocycles. The van der Waals surface area contributed by atoms with E-state index in [-0.39, 0.29) is 0 Å². The molecule has 6 nitrogen and oxygen atoms in total. The van der Waals surface area contributed by atoms with Gasteiger partial charge in [0.2, 0.25) is 0 Å². The summed E-state index contributed by atoms with van der Waals surface area (Å²) in [7, 11) is 5.36. The van der Waals surface area contributed by atoms with Crippen LogP contribution in [0.5, 0.6) is 11.5 Å². The maximum atomic E-state index is 11.0. The van der Waals surface area contributed by atoms with E-state index >= 15 is 0 Å². The molecule has 0 bridgehead atoms. The number of carboxylic acid groups (broad SMARTS) is 1. The second-order valence-corrected chi connectivity index (χ2v) is 6.00. The van der Waals surface area contributed by atoms with Gasteiger partial charge in [0.15, 0.2) is 6.10 Å². The fourth-order valence-electron chi connectivity index (χ4n) is 2.38. The molecule has 1 N–H and O–H groups in total. The zero-order valence-corrected chi connectivity index (χ0v) is 15.3. The van der Waals surface area contributed by atoms with Gasteiger partial charge in [-0.3, -0.25) is 0 Å². The third-order valence-corrected chi connectivity index (χ3v) is 3.86. The lowest BCUT2D eigenvalue weighted by molar-refractivity contribution is -0.148. The summed E-state index contributed by atoms with van der Waals surface area (Å²) in [6.45, 7) is 0.852. The predicted octanol–water partition coefficient (Wildman–Crippen LogP) is 2.85. The Bertz CT molecular complexity index is 700. The summed E-state index contributed by atoms with van der Waals surface area (Å²) in [4.78, 5) is 13.0. The summed E-state index contributed by atoms with van der Waals surface area (Å²) in [6.07, 6.45) is -0.523. The highest BCUT2D eigenvalue weighted by Crippen LogP contribution is 2.19. The van der Waals surface area contributed by atoms with Gasteiger partial charge in [0.25, 0.3) is 0 Å². The molecule has 26 heavy (non-hydrogen) atoms. The Balaban J connectivity index is 1.78. The number of nitrogens with zero attached hydrogens (tertiary/aromatic N) is 1. The molecule has 0 aromatic heterocycles. The Labute approximate surface area is 153 Å². The number of anilines is 1. The minimum atomic E-state index is -0.969. The molecule has 0 aliphatic rings. The molecule has 0 heterocycles. The molecule has 2 rings (SSSR count). The number of benzene rings is 2. The quantitative estimate of drug-likeness (QED) is 0.658. The maximum absolute atomic E-state index is 11.0. The maximum Gasteiger partial charge on any atom is 0.333 e. The first kappa shape index (κ1) is 19.6. The van der Waals surface area contributed by atoms with Gasteiger partial charge < -0.3 is 24.2 Å². The molecular weight excluding hydrogens is 334 g/mol. The van der Waals surface area contributed by atoms with E-state index in [4.69, 9.17) is 19.3 Å². The molecule has 2 aromatic rings. The van der Waals surface area contributed by atoms with Gasteiger partial charge in [-0.1, -0.05) is 18.2 Å². The highest BCUT2D eigenvalue weighted by molar-refractivity contribution is 5.72. The van der Waals surface area contributed by atoms with Crippen LogP contribution in [0.3, 0.4) is 0 Å². The van der Waals surface area contributed by atoms with Crippen LogP contribution in [0.1, 0.15) is 5.56 Å². The molecule has 0 spiro atoms. The average Bonchev–Trinajstić information content (AvgIpc) is 2.64. The van der Waals surface area contributed by atoms with Crippen LogP contribution in [0, 0.1) is 0 Å². The van der Waals surface area contributed by atoms with Crippen LogP contribution in [0.4, 0.5) is 5.69 Å². The van der Waals surface area contributed by atoms with Gasteiger partial charge in [-0.05, 0) is 29.8 Å². The SMILES string of the molecule is CO[C@@H](Cc1ccc(OCCOc2cccc(N(C)C)c2)cc1)C(=O)O. The van der Waals surface area contributed by atoms with Crippen molar-refractivity contribution < 1.29 is 24.1 Å². The highest BCUT2D eigenvalue weighted by atomic mass is 16.5. The average molecular weight is 359 g/mol. The molecule has 0 fully saturated rings. The molecule has 0 amide bonds. The lowest BCUT2D eigenvalue weighted by Gasteiger charge is -2.14. The summed E-state index contributed by atoms with van der Waals surface area (Å²) in [5, 5.41) is 9.01.